The Morgan fingerprint density at radius 3 is 2.71 bits per heavy atom. The van der Waals surface area contributed by atoms with Crippen molar-refractivity contribution in [2.75, 3.05) is 32.7 Å². The highest BCUT2D eigenvalue weighted by Crippen LogP contribution is 2.20. The van der Waals surface area contributed by atoms with Gasteiger partial charge >= 0.3 is 0 Å². The number of hydrogen-bond donors (Lipinski definition) is 2. The Morgan fingerprint density at radius 1 is 1.25 bits per heavy atom. The second-order valence-electron chi connectivity index (χ2n) is 7.11. The summed E-state index contributed by atoms with van der Waals surface area (Å²) in [4.78, 5) is 7.19. The van der Waals surface area contributed by atoms with Crippen LogP contribution in [0.3, 0.4) is 0 Å². The number of hydrogen-bond acceptors (Lipinski definition) is 3. The van der Waals surface area contributed by atoms with Gasteiger partial charge in [0.1, 0.15) is 12.3 Å². The molecule has 2 heterocycles. The maximum atomic E-state index is 5.32. The highest BCUT2D eigenvalue weighted by atomic mass is 16.3. The molecule has 1 fully saturated rings. The van der Waals surface area contributed by atoms with Gasteiger partial charge in [0.05, 0.1) is 6.26 Å². The van der Waals surface area contributed by atoms with Crippen LogP contribution in [0.5, 0.6) is 0 Å². The van der Waals surface area contributed by atoms with Crippen LogP contribution in [0.15, 0.2) is 27.8 Å². The third-order valence-corrected chi connectivity index (χ3v) is 4.46. The second-order valence-corrected chi connectivity index (χ2v) is 7.11. The van der Waals surface area contributed by atoms with E-state index < -0.39 is 0 Å². The number of aliphatic imine (C=N–C) groups is 1. The van der Waals surface area contributed by atoms with Crippen LogP contribution in [-0.4, -0.2) is 43.6 Å². The third kappa shape index (κ3) is 6.95. The van der Waals surface area contributed by atoms with Gasteiger partial charge in [-0.3, -0.25) is 0 Å². The molecule has 1 aromatic rings. The summed E-state index contributed by atoms with van der Waals surface area (Å²) in [5, 5.41) is 6.70. The number of rotatable bonds is 8. The second kappa shape index (κ2) is 10.4. The van der Waals surface area contributed by atoms with Crippen molar-refractivity contribution in [3.05, 3.63) is 24.2 Å². The molecule has 0 aliphatic carbocycles. The van der Waals surface area contributed by atoms with Crippen LogP contribution >= 0.6 is 0 Å². The molecule has 5 heteroatoms. The Morgan fingerprint density at radius 2 is 2.04 bits per heavy atom. The molecule has 2 atom stereocenters. The van der Waals surface area contributed by atoms with E-state index >= 15 is 0 Å². The smallest absolute Gasteiger partial charge is 0.191 e. The maximum Gasteiger partial charge on any atom is 0.191 e. The molecular weight excluding hydrogens is 300 g/mol. The topological polar surface area (TPSA) is 52.8 Å². The number of nitrogens with one attached hydrogen (secondary N) is 2. The Balaban J connectivity index is 1.62. The van der Waals surface area contributed by atoms with Crippen molar-refractivity contribution < 1.29 is 4.42 Å². The first kappa shape index (κ1) is 18.8. The normalized spacial score (nSPS) is 22.5. The van der Waals surface area contributed by atoms with Crippen molar-refractivity contribution >= 4 is 5.96 Å². The largest absolute Gasteiger partial charge is 0.467 e. The molecule has 2 N–H and O–H groups in total. The summed E-state index contributed by atoms with van der Waals surface area (Å²) in [5.41, 5.74) is 0. The average molecular weight is 335 g/mol. The van der Waals surface area contributed by atoms with Gasteiger partial charge < -0.3 is 20.0 Å². The molecule has 0 aromatic carbocycles. The summed E-state index contributed by atoms with van der Waals surface area (Å²) in [6, 6.07) is 3.85. The molecule has 1 aromatic heterocycles. The molecule has 0 spiro atoms. The monoisotopic (exact) mass is 334 g/mol. The van der Waals surface area contributed by atoms with Crippen molar-refractivity contribution in [3.8, 4) is 0 Å². The van der Waals surface area contributed by atoms with E-state index in [2.05, 4.69) is 41.3 Å². The van der Waals surface area contributed by atoms with Crippen LogP contribution in [0.2, 0.25) is 0 Å². The van der Waals surface area contributed by atoms with Gasteiger partial charge in [-0.2, -0.15) is 0 Å². The lowest BCUT2D eigenvalue weighted by Gasteiger charge is -2.34. The molecule has 136 valence electrons. The lowest BCUT2D eigenvalue weighted by atomic mass is 9.92. The molecule has 1 saturated heterocycles. The van der Waals surface area contributed by atoms with Crippen LogP contribution < -0.4 is 10.6 Å². The molecule has 0 saturated carbocycles. The number of unbranched alkanes of at least 4 members (excludes halogenated alkanes) is 1. The van der Waals surface area contributed by atoms with Crippen LogP contribution in [0.1, 0.15) is 45.8 Å². The van der Waals surface area contributed by atoms with Gasteiger partial charge in [-0.25, -0.2) is 4.99 Å². The number of likely N-dealkylation sites (tertiary alicyclic amines) is 1. The van der Waals surface area contributed by atoms with Gasteiger partial charge in [0.25, 0.3) is 0 Å². The minimum Gasteiger partial charge on any atom is -0.467 e. The quantitative estimate of drug-likeness (QED) is 0.436. The van der Waals surface area contributed by atoms with E-state index in [1.807, 2.05) is 12.1 Å². The lowest BCUT2D eigenvalue weighted by molar-refractivity contribution is 0.139. The van der Waals surface area contributed by atoms with Crippen molar-refractivity contribution in [1.82, 2.24) is 15.5 Å². The highest BCUT2D eigenvalue weighted by Gasteiger charge is 2.20. The Labute approximate surface area is 146 Å². The minimum absolute atomic E-state index is 0.575. The molecule has 0 radical (unpaired) electrons. The van der Waals surface area contributed by atoms with Gasteiger partial charge in [-0.05, 0) is 56.7 Å². The van der Waals surface area contributed by atoms with E-state index in [4.69, 9.17) is 4.42 Å². The maximum absolute atomic E-state index is 5.32. The summed E-state index contributed by atoms with van der Waals surface area (Å²) in [6.45, 7) is 13.0. The number of piperidine rings is 1. The first-order valence-electron chi connectivity index (χ1n) is 9.44. The lowest BCUT2D eigenvalue weighted by Crippen LogP contribution is -2.40. The first-order chi connectivity index (χ1) is 11.7. The summed E-state index contributed by atoms with van der Waals surface area (Å²) in [5.74, 6) is 3.46. The van der Waals surface area contributed by atoms with Gasteiger partial charge in [0.2, 0.25) is 0 Å². The van der Waals surface area contributed by atoms with E-state index in [0.29, 0.717) is 6.54 Å². The molecular formula is C19H34N4O. The molecule has 1 aliphatic heterocycles. The van der Waals surface area contributed by atoms with Crippen LogP contribution in [0, 0.1) is 11.8 Å². The molecule has 24 heavy (non-hydrogen) atoms. The fraction of sp³-hybridized carbons (Fsp3) is 0.737. The zero-order valence-electron chi connectivity index (χ0n) is 15.6. The van der Waals surface area contributed by atoms with Gasteiger partial charge in [0, 0.05) is 26.2 Å². The minimum atomic E-state index is 0.575. The van der Waals surface area contributed by atoms with Crippen LogP contribution in [0.4, 0.5) is 0 Å². The zero-order valence-corrected chi connectivity index (χ0v) is 15.6. The Bertz CT molecular complexity index is 462. The predicted octanol–water partition coefficient (Wildman–Crippen LogP) is 3.09. The van der Waals surface area contributed by atoms with E-state index in [-0.39, 0.29) is 0 Å². The van der Waals surface area contributed by atoms with E-state index in [9.17, 15) is 0 Å². The molecule has 2 rings (SSSR count). The van der Waals surface area contributed by atoms with E-state index in [1.165, 1.54) is 38.9 Å². The van der Waals surface area contributed by atoms with Crippen LogP contribution in [-0.2, 0) is 6.54 Å². The highest BCUT2D eigenvalue weighted by molar-refractivity contribution is 5.79. The number of furan rings is 1. The van der Waals surface area contributed by atoms with E-state index in [0.717, 1.165) is 36.6 Å². The zero-order chi connectivity index (χ0) is 17.2. The van der Waals surface area contributed by atoms with Crippen molar-refractivity contribution in [1.29, 1.82) is 0 Å². The number of guanidine groups is 1. The van der Waals surface area contributed by atoms with Gasteiger partial charge in [0.15, 0.2) is 5.96 Å². The summed E-state index contributed by atoms with van der Waals surface area (Å²) < 4.78 is 5.32. The molecule has 1 aliphatic rings. The standard InChI is InChI=1S/C19H34N4O/c1-4-20-19(22-13-18-8-7-11-24-18)21-9-5-6-10-23-14-16(2)12-17(3)15-23/h7-8,11,16-17H,4-6,9-10,12-15H2,1-3H3,(H2,20,21,22). The average Bonchev–Trinajstić information content (AvgIpc) is 3.04. The number of nitrogens with zero attached hydrogens (tertiary/aromatic N) is 2. The third-order valence-electron chi connectivity index (χ3n) is 4.46. The van der Waals surface area contributed by atoms with Gasteiger partial charge in [-0.1, -0.05) is 13.8 Å². The van der Waals surface area contributed by atoms with Crippen molar-refractivity contribution in [2.24, 2.45) is 16.8 Å². The summed E-state index contributed by atoms with van der Waals surface area (Å²) in [7, 11) is 0. The summed E-state index contributed by atoms with van der Waals surface area (Å²) >= 11 is 0. The fourth-order valence-corrected chi connectivity index (χ4v) is 3.54. The van der Waals surface area contributed by atoms with Crippen molar-refractivity contribution in [2.45, 2.75) is 46.6 Å². The summed E-state index contributed by atoms with van der Waals surface area (Å²) in [6.07, 6.45) is 5.48. The molecule has 5 nitrogen and oxygen atoms in total. The van der Waals surface area contributed by atoms with E-state index in [1.54, 1.807) is 6.26 Å². The van der Waals surface area contributed by atoms with Gasteiger partial charge in [-0.15, -0.1) is 0 Å². The molecule has 0 bridgehead atoms. The fourth-order valence-electron chi connectivity index (χ4n) is 3.54. The van der Waals surface area contributed by atoms with Crippen LogP contribution in [0.25, 0.3) is 0 Å². The molecule has 0 amide bonds. The Hall–Kier alpha value is -1.49. The predicted molar refractivity (Wildman–Crippen MR) is 100 cm³/mol. The first-order valence-corrected chi connectivity index (χ1v) is 9.44. The Kier molecular flexibility index (Phi) is 8.16. The SMILES string of the molecule is CCNC(=NCc1ccco1)NCCCCN1CC(C)CC(C)C1. The van der Waals surface area contributed by atoms with Crippen molar-refractivity contribution in [3.63, 3.8) is 0 Å². The molecule has 2 unspecified atom stereocenters.